The summed E-state index contributed by atoms with van der Waals surface area (Å²) in [6.45, 7) is 0. The van der Waals surface area contributed by atoms with Crippen LogP contribution in [-0.2, 0) is 0 Å². The standard InChI is InChI=1S/C8H10/c1-2-6-3-5(1)7-4-8(6)7/h1-2,5-8H,3-4H2/t5-,6-,7-,8-/m0/s1. The van der Waals surface area contributed by atoms with Crippen molar-refractivity contribution in [3.05, 3.63) is 12.2 Å². The van der Waals surface area contributed by atoms with Gasteiger partial charge in [0, 0.05) is 0 Å². The zero-order chi connectivity index (χ0) is 5.14. The Bertz CT molecular complexity index is 141. The third-order valence-corrected chi connectivity index (χ3v) is 3.14. The third kappa shape index (κ3) is 0.249. The molecule has 0 aromatic rings. The zero-order valence-electron chi connectivity index (χ0n) is 4.88. The van der Waals surface area contributed by atoms with Gasteiger partial charge in [0.25, 0.3) is 0 Å². The monoisotopic (exact) mass is 106 g/mol. The molecule has 0 aromatic heterocycles. The van der Waals surface area contributed by atoms with Crippen molar-refractivity contribution in [3.63, 3.8) is 0 Å². The van der Waals surface area contributed by atoms with Crippen LogP contribution in [0.3, 0.4) is 0 Å². The minimum Gasteiger partial charge on any atom is -0.0848 e. The van der Waals surface area contributed by atoms with Crippen LogP contribution >= 0.6 is 0 Å². The lowest BCUT2D eigenvalue weighted by Gasteiger charge is -1.97. The summed E-state index contributed by atoms with van der Waals surface area (Å²) in [5, 5.41) is 0. The van der Waals surface area contributed by atoms with Gasteiger partial charge in [0.15, 0.2) is 0 Å². The van der Waals surface area contributed by atoms with Crippen LogP contribution in [0.25, 0.3) is 0 Å². The predicted molar refractivity (Wildman–Crippen MR) is 32.3 cm³/mol. The molecule has 0 saturated heterocycles. The second-order valence-corrected chi connectivity index (χ2v) is 3.51. The molecule has 42 valence electrons. The Morgan fingerprint density at radius 1 is 0.875 bits per heavy atom. The Kier molecular flexibility index (Phi) is 0.415. The van der Waals surface area contributed by atoms with Crippen molar-refractivity contribution in [1.29, 1.82) is 0 Å². The van der Waals surface area contributed by atoms with E-state index in [1.807, 2.05) is 0 Å². The first-order valence-corrected chi connectivity index (χ1v) is 3.63. The van der Waals surface area contributed by atoms with Crippen molar-refractivity contribution in [1.82, 2.24) is 0 Å². The number of hydrogen-bond donors (Lipinski definition) is 0. The summed E-state index contributed by atoms with van der Waals surface area (Å²) in [6.07, 6.45) is 7.95. The molecule has 0 radical (unpaired) electrons. The Hall–Kier alpha value is -0.260. The summed E-state index contributed by atoms with van der Waals surface area (Å²) >= 11 is 0. The summed E-state index contributed by atoms with van der Waals surface area (Å²) in [7, 11) is 0. The van der Waals surface area contributed by atoms with Crippen molar-refractivity contribution in [3.8, 4) is 0 Å². The normalized spacial score (nSPS) is 64.0. The minimum atomic E-state index is 1.03. The molecule has 0 N–H and O–H groups in total. The topological polar surface area (TPSA) is 0 Å². The van der Waals surface area contributed by atoms with Gasteiger partial charge in [-0.15, -0.1) is 0 Å². The molecule has 0 unspecified atom stereocenters. The number of hydrogen-bond acceptors (Lipinski definition) is 0. The van der Waals surface area contributed by atoms with Crippen LogP contribution in [0.1, 0.15) is 12.8 Å². The molecule has 0 spiro atoms. The predicted octanol–water partition coefficient (Wildman–Crippen LogP) is 1.83. The van der Waals surface area contributed by atoms with E-state index >= 15 is 0 Å². The van der Waals surface area contributed by atoms with E-state index in [4.69, 9.17) is 0 Å². The lowest BCUT2D eigenvalue weighted by Crippen LogP contribution is -1.88. The largest absolute Gasteiger partial charge is 0.0848 e. The Morgan fingerprint density at radius 2 is 1.50 bits per heavy atom. The van der Waals surface area contributed by atoms with Crippen LogP contribution in [0.15, 0.2) is 12.2 Å². The molecule has 0 heterocycles. The number of allylic oxidation sites excluding steroid dienone is 2. The summed E-state index contributed by atoms with van der Waals surface area (Å²) in [6, 6.07) is 0. The number of rotatable bonds is 0. The Balaban J connectivity index is 2.12. The maximum Gasteiger partial charge on any atom is -0.0196 e. The zero-order valence-corrected chi connectivity index (χ0v) is 4.88. The first kappa shape index (κ1) is 3.71. The van der Waals surface area contributed by atoms with Crippen molar-refractivity contribution in [2.75, 3.05) is 0 Å². The second-order valence-electron chi connectivity index (χ2n) is 3.51. The van der Waals surface area contributed by atoms with E-state index in [1.54, 1.807) is 6.42 Å². The van der Waals surface area contributed by atoms with Crippen LogP contribution in [0, 0.1) is 23.7 Å². The van der Waals surface area contributed by atoms with E-state index in [0.717, 1.165) is 23.7 Å². The van der Waals surface area contributed by atoms with Crippen LogP contribution in [0.2, 0.25) is 0 Å². The van der Waals surface area contributed by atoms with Crippen molar-refractivity contribution >= 4 is 0 Å². The highest BCUT2D eigenvalue weighted by atomic mass is 14.6. The highest BCUT2D eigenvalue weighted by molar-refractivity contribution is 5.20. The molecule has 0 nitrogen and oxygen atoms in total. The molecule has 3 aliphatic rings. The molecule has 8 heavy (non-hydrogen) atoms. The van der Waals surface area contributed by atoms with Gasteiger partial charge >= 0.3 is 0 Å². The van der Waals surface area contributed by atoms with Gasteiger partial charge in [0.2, 0.25) is 0 Å². The molecule has 3 aliphatic carbocycles. The van der Waals surface area contributed by atoms with Crippen molar-refractivity contribution in [2.24, 2.45) is 23.7 Å². The van der Waals surface area contributed by atoms with Crippen molar-refractivity contribution < 1.29 is 0 Å². The van der Waals surface area contributed by atoms with E-state index in [1.165, 1.54) is 6.42 Å². The van der Waals surface area contributed by atoms with E-state index < -0.39 is 0 Å². The fraction of sp³-hybridized carbons (Fsp3) is 0.750. The Labute approximate surface area is 49.6 Å². The first-order chi connectivity index (χ1) is 3.95. The van der Waals surface area contributed by atoms with Crippen LogP contribution in [-0.4, -0.2) is 0 Å². The van der Waals surface area contributed by atoms with Crippen LogP contribution in [0.4, 0.5) is 0 Å². The van der Waals surface area contributed by atoms with Gasteiger partial charge in [-0.25, -0.2) is 0 Å². The summed E-state index contributed by atoms with van der Waals surface area (Å²) in [5.74, 6) is 4.38. The molecule has 2 saturated carbocycles. The fourth-order valence-electron chi connectivity index (χ4n) is 2.61. The van der Waals surface area contributed by atoms with Gasteiger partial charge in [-0.3, -0.25) is 0 Å². The van der Waals surface area contributed by atoms with Crippen molar-refractivity contribution in [2.45, 2.75) is 12.8 Å². The van der Waals surface area contributed by atoms with E-state index in [0.29, 0.717) is 0 Å². The van der Waals surface area contributed by atoms with Gasteiger partial charge in [0.1, 0.15) is 0 Å². The molecule has 3 rings (SSSR count). The quantitative estimate of drug-likeness (QED) is 0.413. The highest BCUT2D eigenvalue weighted by Crippen LogP contribution is 2.62. The summed E-state index contributed by atoms with van der Waals surface area (Å²) < 4.78 is 0. The van der Waals surface area contributed by atoms with Crippen LogP contribution in [0.5, 0.6) is 0 Å². The van der Waals surface area contributed by atoms with Gasteiger partial charge in [-0.05, 0) is 36.5 Å². The maximum absolute atomic E-state index is 2.44. The maximum atomic E-state index is 2.44. The van der Waals surface area contributed by atoms with E-state index in [-0.39, 0.29) is 0 Å². The lowest BCUT2D eigenvalue weighted by atomic mass is 10.1. The average Bonchev–Trinajstić information content (AvgIpc) is 2.39. The molecule has 2 bridgehead atoms. The SMILES string of the molecule is C1=C[C@H]2C[C@H]1[C@@H]1C[C@H]12. The lowest BCUT2D eigenvalue weighted by molar-refractivity contribution is 0.574. The third-order valence-electron chi connectivity index (χ3n) is 3.14. The van der Waals surface area contributed by atoms with E-state index in [2.05, 4.69) is 12.2 Å². The summed E-state index contributed by atoms with van der Waals surface area (Å²) in [5.41, 5.74) is 0. The van der Waals surface area contributed by atoms with Gasteiger partial charge in [0.05, 0.1) is 0 Å². The second kappa shape index (κ2) is 0.896. The average molecular weight is 106 g/mol. The van der Waals surface area contributed by atoms with Gasteiger partial charge in [-0.2, -0.15) is 0 Å². The molecule has 0 aromatic carbocycles. The molecule has 0 aliphatic heterocycles. The molecule has 0 amide bonds. The molecule has 4 atom stereocenters. The fourth-order valence-corrected chi connectivity index (χ4v) is 2.61. The van der Waals surface area contributed by atoms with Gasteiger partial charge < -0.3 is 0 Å². The number of fused-ring (bicyclic) bond motifs is 5. The minimum absolute atomic E-state index is 1.03. The Morgan fingerprint density at radius 3 is 1.88 bits per heavy atom. The smallest absolute Gasteiger partial charge is 0.0196 e. The van der Waals surface area contributed by atoms with E-state index in [9.17, 15) is 0 Å². The molecule has 0 heteroatoms. The molecule has 2 fully saturated rings. The molecular weight excluding hydrogens is 96.1 g/mol. The highest BCUT2D eigenvalue weighted by Gasteiger charge is 2.54. The van der Waals surface area contributed by atoms with Crippen LogP contribution < -0.4 is 0 Å². The summed E-state index contributed by atoms with van der Waals surface area (Å²) in [4.78, 5) is 0. The van der Waals surface area contributed by atoms with Gasteiger partial charge in [-0.1, -0.05) is 12.2 Å². The first-order valence-electron chi connectivity index (χ1n) is 3.63. The molecular formula is C8H10.